The number of rotatable bonds is 9. The van der Waals surface area contributed by atoms with Gasteiger partial charge in [0.25, 0.3) is 0 Å². The quantitative estimate of drug-likeness (QED) is 0.612. The van der Waals surface area contributed by atoms with Gasteiger partial charge >= 0.3 is 0 Å². The van der Waals surface area contributed by atoms with E-state index in [9.17, 15) is 0 Å². The summed E-state index contributed by atoms with van der Waals surface area (Å²) in [5, 5.41) is 0. The lowest BCUT2D eigenvalue weighted by atomic mass is 9.46. The van der Waals surface area contributed by atoms with Crippen LogP contribution >= 0.6 is 0 Å². The zero-order valence-electron chi connectivity index (χ0n) is 15.8. The lowest BCUT2D eigenvalue weighted by molar-refractivity contribution is -0.124. The summed E-state index contributed by atoms with van der Waals surface area (Å²) in [7, 11) is 2.22. The third-order valence-corrected chi connectivity index (χ3v) is 6.79. The van der Waals surface area contributed by atoms with E-state index >= 15 is 0 Å². The Morgan fingerprint density at radius 3 is 2.62 bits per heavy atom. The van der Waals surface area contributed by atoms with E-state index < -0.39 is 0 Å². The Balaban J connectivity index is 1.25. The highest BCUT2D eigenvalue weighted by atomic mass is 16.5. The first-order valence-electron chi connectivity index (χ1n) is 9.87. The third-order valence-electron chi connectivity index (χ3n) is 6.79. The zero-order chi connectivity index (χ0) is 17.0. The maximum Gasteiger partial charge on any atom is 0.0497 e. The number of likely N-dealkylation sites (N-methyl/N-ethyl adjacent to an activating group) is 1. The molecule has 0 aromatic heterocycles. The van der Waals surface area contributed by atoms with Crippen molar-refractivity contribution in [3.63, 3.8) is 0 Å². The van der Waals surface area contributed by atoms with Crippen LogP contribution in [0.15, 0.2) is 30.3 Å². The summed E-state index contributed by atoms with van der Waals surface area (Å²) in [6.07, 6.45) is 6.58. The van der Waals surface area contributed by atoms with Crippen LogP contribution in [-0.4, -0.2) is 38.3 Å². The van der Waals surface area contributed by atoms with Gasteiger partial charge in [-0.3, -0.25) is 0 Å². The number of hydrogen-bond acceptors (Lipinski definition) is 2. The number of ether oxygens (including phenoxy) is 1. The molecule has 2 heteroatoms. The monoisotopic (exact) mass is 329 g/mol. The fourth-order valence-electron chi connectivity index (χ4n) is 4.91. The van der Waals surface area contributed by atoms with Gasteiger partial charge in [0.15, 0.2) is 0 Å². The molecule has 3 fully saturated rings. The summed E-state index contributed by atoms with van der Waals surface area (Å²) in [6, 6.07) is 10.8. The first kappa shape index (κ1) is 17.9. The van der Waals surface area contributed by atoms with Crippen molar-refractivity contribution < 1.29 is 4.74 Å². The maximum absolute atomic E-state index is 6.05. The molecule has 4 rings (SSSR count). The van der Waals surface area contributed by atoms with Gasteiger partial charge in [-0.2, -0.15) is 0 Å². The fourth-order valence-corrected chi connectivity index (χ4v) is 4.91. The highest BCUT2D eigenvalue weighted by molar-refractivity contribution is 5.14. The van der Waals surface area contributed by atoms with E-state index in [0.717, 1.165) is 56.9 Å². The van der Waals surface area contributed by atoms with Gasteiger partial charge in [0.05, 0.1) is 0 Å². The Kier molecular flexibility index (Phi) is 5.99. The molecule has 0 unspecified atom stereocenters. The van der Waals surface area contributed by atoms with Crippen molar-refractivity contribution in [2.75, 3.05) is 33.4 Å². The third kappa shape index (κ3) is 4.21. The molecule has 0 spiro atoms. The Bertz CT molecular complexity index is 496. The molecule has 0 N–H and O–H groups in total. The normalized spacial score (nSPS) is 27.9. The van der Waals surface area contributed by atoms with Crippen molar-refractivity contribution in [1.82, 2.24) is 4.90 Å². The van der Waals surface area contributed by atoms with E-state index in [4.69, 9.17) is 4.74 Å². The van der Waals surface area contributed by atoms with Crippen LogP contribution < -0.4 is 0 Å². The molecule has 2 nitrogen and oxygen atoms in total. The molecule has 1 aromatic carbocycles. The second-order valence-electron chi connectivity index (χ2n) is 8.67. The van der Waals surface area contributed by atoms with Crippen molar-refractivity contribution in [2.45, 2.75) is 46.0 Å². The Hall–Kier alpha value is -0.860. The lowest BCUT2D eigenvalue weighted by Gasteiger charge is -2.60. The van der Waals surface area contributed by atoms with Crippen LogP contribution in [0.2, 0.25) is 0 Å². The molecule has 3 aliphatic carbocycles. The Labute approximate surface area is 148 Å². The van der Waals surface area contributed by atoms with Crippen LogP contribution in [0.1, 0.15) is 45.1 Å². The van der Waals surface area contributed by atoms with Crippen LogP contribution in [-0.2, 0) is 11.2 Å². The van der Waals surface area contributed by atoms with E-state index in [1.54, 1.807) is 0 Å². The van der Waals surface area contributed by atoms with Gasteiger partial charge in [0, 0.05) is 26.3 Å². The maximum atomic E-state index is 6.05. The molecule has 3 atom stereocenters. The van der Waals surface area contributed by atoms with Crippen molar-refractivity contribution >= 4 is 0 Å². The standard InChI is InChI=1S/C22H35NO/c1-22(2)20-11-10-19(21(22)16-20)17-24-15-7-13-23(3)14-12-18-8-5-4-6-9-18/h4-6,8-9,19-21H,7,10-17H2,1-3H3/t19-,20+,21-/m1/s1. The van der Waals surface area contributed by atoms with E-state index in [1.807, 2.05) is 0 Å². The second kappa shape index (κ2) is 8.01. The smallest absolute Gasteiger partial charge is 0.0497 e. The number of benzene rings is 1. The summed E-state index contributed by atoms with van der Waals surface area (Å²) in [5.41, 5.74) is 2.02. The summed E-state index contributed by atoms with van der Waals surface area (Å²) in [5.74, 6) is 2.74. The van der Waals surface area contributed by atoms with Crippen molar-refractivity contribution in [1.29, 1.82) is 0 Å². The molecule has 0 heterocycles. The van der Waals surface area contributed by atoms with Crippen molar-refractivity contribution in [2.24, 2.45) is 23.2 Å². The minimum Gasteiger partial charge on any atom is -0.381 e. The molecular formula is C22H35NO. The molecule has 24 heavy (non-hydrogen) atoms. The SMILES string of the molecule is CN(CCCOC[C@H]1CC[C@H]2C[C@H]1C2(C)C)CCc1ccccc1. The fraction of sp³-hybridized carbons (Fsp3) is 0.727. The molecule has 0 aliphatic heterocycles. The zero-order valence-corrected chi connectivity index (χ0v) is 15.8. The molecule has 3 saturated carbocycles. The first-order valence-corrected chi connectivity index (χ1v) is 9.87. The summed E-state index contributed by atoms with van der Waals surface area (Å²) in [6.45, 7) is 9.12. The highest BCUT2D eigenvalue weighted by Crippen LogP contribution is 2.61. The van der Waals surface area contributed by atoms with Crippen molar-refractivity contribution in [3.8, 4) is 0 Å². The molecular weight excluding hydrogens is 294 g/mol. The number of hydrogen-bond donors (Lipinski definition) is 0. The van der Waals surface area contributed by atoms with Gasteiger partial charge in [0.1, 0.15) is 0 Å². The van der Waals surface area contributed by atoms with Gasteiger partial charge in [-0.15, -0.1) is 0 Å². The van der Waals surface area contributed by atoms with Crippen LogP contribution in [0, 0.1) is 23.2 Å². The molecule has 3 aliphatic rings. The van der Waals surface area contributed by atoms with Crippen LogP contribution in [0.5, 0.6) is 0 Å². The highest BCUT2D eigenvalue weighted by Gasteiger charge is 2.53. The average Bonchev–Trinajstić information content (AvgIpc) is 2.60. The number of fused-ring (bicyclic) bond motifs is 2. The van der Waals surface area contributed by atoms with Crippen LogP contribution in [0.25, 0.3) is 0 Å². The molecule has 0 saturated heterocycles. The topological polar surface area (TPSA) is 12.5 Å². The predicted octanol–water partition coefficient (Wildman–Crippen LogP) is 4.64. The summed E-state index contributed by atoms with van der Waals surface area (Å²) < 4.78 is 6.05. The van der Waals surface area contributed by atoms with Crippen molar-refractivity contribution in [3.05, 3.63) is 35.9 Å². The van der Waals surface area contributed by atoms with Crippen LogP contribution in [0.3, 0.4) is 0 Å². The van der Waals surface area contributed by atoms with E-state index in [2.05, 4.69) is 56.1 Å². The molecule has 134 valence electrons. The average molecular weight is 330 g/mol. The largest absolute Gasteiger partial charge is 0.381 e. The van der Waals surface area contributed by atoms with E-state index in [0.29, 0.717) is 5.41 Å². The minimum absolute atomic E-state index is 0.587. The Morgan fingerprint density at radius 1 is 1.12 bits per heavy atom. The van der Waals surface area contributed by atoms with Gasteiger partial charge in [-0.1, -0.05) is 44.2 Å². The molecule has 0 radical (unpaired) electrons. The summed E-state index contributed by atoms with van der Waals surface area (Å²) >= 11 is 0. The van der Waals surface area contributed by atoms with E-state index in [-0.39, 0.29) is 0 Å². The van der Waals surface area contributed by atoms with Crippen LogP contribution in [0.4, 0.5) is 0 Å². The van der Waals surface area contributed by atoms with Gasteiger partial charge in [-0.05, 0) is 67.9 Å². The molecule has 0 amide bonds. The van der Waals surface area contributed by atoms with Gasteiger partial charge in [0.2, 0.25) is 0 Å². The van der Waals surface area contributed by atoms with Gasteiger partial charge < -0.3 is 9.64 Å². The first-order chi connectivity index (χ1) is 11.6. The number of nitrogens with zero attached hydrogens (tertiary/aromatic N) is 1. The minimum atomic E-state index is 0.587. The Morgan fingerprint density at radius 2 is 1.92 bits per heavy atom. The van der Waals surface area contributed by atoms with Gasteiger partial charge in [-0.25, -0.2) is 0 Å². The summed E-state index contributed by atoms with van der Waals surface area (Å²) in [4.78, 5) is 2.43. The predicted molar refractivity (Wildman–Crippen MR) is 101 cm³/mol. The lowest BCUT2D eigenvalue weighted by Crippen LogP contribution is -2.53. The molecule has 2 bridgehead atoms. The second-order valence-corrected chi connectivity index (χ2v) is 8.67. The molecule has 1 aromatic rings. The van der Waals surface area contributed by atoms with E-state index in [1.165, 1.54) is 24.8 Å².